The van der Waals surface area contributed by atoms with E-state index in [1.54, 1.807) is 113 Å². The molecule has 4 aromatic rings. The van der Waals surface area contributed by atoms with Gasteiger partial charge in [-0.15, -0.1) is 0 Å². The van der Waals surface area contributed by atoms with E-state index < -0.39 is 70.2 Å². The number of esters is 3. The Kier molecular flexibility index (Phi) is 46.9. The van der Waals surface area contributed by atoms with Gasteiger partial charge in [0.05, 0.1) is 63.5 Å². The van der Waals surface area contributed by atoms with Crippen LogP contribution in [0.5, 0.6) is 28.7 Å². The number of thiol groups is 2. The van der Waals surface area contributed by atoms with Crippen molar-refractivity contribution in [2.24, 2.45) is 72.0 Å². The average Bonchev–Trinajstić information content (AvgIpc) is 1.47. The van der Waals surface area contributed by atoms with E-state index in [1.807, 2.05) is 32.9 Å². The summed E-state index contributed by atoms with van der Waals surface area (Å²) in [5, 5.41) is 42.4. The third-order valence-corrected chi connectivity index (χ3v) is 26.0. The number of phenolic OH excluding ortho intramolecular Hbond substituents is 1. The molecule has 2 heterocycles. The highest BCUT2D eigenvalue weighted by Crippen LogP contribution is 2.69. The molecule has 1 fully saturated rings. The molecule has 0 aromatic heterocycles. The average molecular weight is 1920 g/mol. The third kappa shape index (κ3) is 35.1. The first-order valence-corrected chi connectivity index (χ1v) is 48.6. The standard InChI is InChI=1S/C77H112N16O12.C20H40N4O3S2.CH4/c1-10-11-12-13-21-56(87-47-89-75(6,7)69(100)103-55-34-28-52(29-35-55)92-72(82)83)65(96)85-42-17-15-22-57(86-46-88-74(4,5)61(95)45-101-53-30-24-50(25-31-53)90-70(78)79)66(97)84-41-16-14-19-48(20-18-38-73(2,3)68(99)102-54-32-26-51(27-33-54)91-71(80)81)67(98)104-59-37-39-76(8)60-44-49-23-36-58(94)63-62(49)77(76,64(59)105-63)40-43-93(60)9;1-3-8-17(13-25)9-4-6-12-22-20(27)18(24-15-29)10-5-7-11-21-19(26)16(2)23-14-28;/h23-37,48,56-57,60,64,86-89,94H,10-22,38-47H2,1-9H3,(H,84,97)(H,85,96)(H4,78,79,90)(H4,80,81,91)(H4,82,83,92);13,16-18,23-24,28-29H,3-12,14-15H2,1-2H3,(H,21,26)(H,22,27);1H4/t48-,56+,57+,60-,64+,76+,77+;16?,17-,18-;/m10./s1/i;13D;. The number of nitrogens with zero attached hydrogens (tertiary/aromatic N) is 4. The van der Waals surface area contributed by atoms with Crippen molar-refractivity contribution in [1.29, 1.82) is 0 Å². The first kappa shape index (κ1) is 112. The molecule has 8 rings (SSSR count). The second-order valence-electron chi connectivity index (χ2n) is 37.1. The van der Waals surface area contributed by atoms with E-state index in [-0.39, 0.29) is 116 Å². The number of piperidine rings is 1. The van der Waals surface area contributed by atoms with Gasteiger partial charge in [0.25, 0.3) is 0 Å². The highest BCUT2D eigenvalue weighted by Gasteiger charge is 2.70. The fourth-order valence-corrected chi connectivity index (χ4v) is 17.9. The number of benzene rings is 4. The summed E-state index contributed by atoms with van der Waals surface area (Å²) in [5.41, 5.74) is 32.9. The van der Waals surface area contributed by atoms with E-state index in [0.717, 1.165) is 94.7 Å². The van der Waals surface area contributed by atoms with E-state index in [9.17, 15) is 48.3 Å². The molecular formula is C98H156N20O15S2. The number of unbranched alkanes of at least 4 members (excludes halogenated alkanes) is 7. The maximum atomic E-state index is 14.9. The highest BCUT2D eigenvalue weighted by atomic mass is 32.1. The van der Waals surface area contributed by atoms with Crippen molar-refractivity contribution in [2.45, 2.75) is 290 Å². The number of Topliss-reactive ketones (excluding diaryl/α,β-unsaturated/α-hetero) is 1. The van der Waals surface area contributed by atoms with Gasteiger partial charge in [0, 0.05) is 74.2 Å². The molecule has 0 radical (unpaired) electrons. The van der Waals surface area contributed by atoms with Crippen LogP contribution >= 0.6 is 25.3 Å². The van der Waals surface area contributed by atoms with Crippen LogP contribution in [0.25, 0.3) is 0 Å². The number of carbonyl (C=O) groups is 9. The number of likely N-dealkylation sites (N-methyl/N-ethyl adjacent to an activating group) is 1. The quantitative estimate of drug-likeness (QED) is 0.00286. The molecular weight excluding hydrogens is 1760 g/mol. The molecule has 4 amide bonds. The SMILES string of the molecule is C.CCCCCC[C@H](NCNC(C)(C)C(=O)Oc1ccc(N=C(N)N)cc1)C(=O)NCCCC[C@H](NCNC(C)(C)C(=O)COc1ccc(N=C(N)N)cc1)C(=O)NCCCC[C@H](CCCC(C)(C)C(=O)Oc1ccc(N=C(N)N)cc1)C(=O)OC1=CC[C@@]2(C)[C@H]3Cc4ccc(O)c5c4[C@@]2(CCN3C)[C@H]1O5.[2H]C(=O)[C@@H](CCC)CCCCNC(=O)[C@H](CCCCNC(=O)C(C)NCS)NCS. The molecule has 4 aromatic carbocycles. The molecule has 37 heteroatoms. The summed E-state index contributed by atoms with van der Waals surface area (Å²) in [6.45, 7) is 21.2. The van der Waals surface area contributed by atoms with Crippen LogP contribution < -0.4 is 107 Å². The molecule has 10 atom stereocenters. The maximum absolute atomic E-state index is 14.9. The van der Waals surface area contributed by atoms with Gasteiger partial charge in [-0.05, 0) is 262 Å². The molecule has 4 aliphatic rings. The second-order valence-corrected chi connectivity index (χ2v) is 37.8. The summed E-state index contributed by atoms with van der Waals surface area (Å²) in [4.78, 5) is 134. The zero-order chi connectivity index (χ0) is 99.1. The molecule has 35 nitrogen and oxygen atoms in total. The van der Waals surface area contributed by atoms with Crippen molar-refractivity contribution in [2.75, 3.05) is 71.5 Å². The van der Waals surface area contributed by atoms with Crippen LogP contribution in [0, 0.1) is 22.7 Å². The predicted octanol–water partition coefficient (Wildman–Crippen LogP) is 9.51. The monoisotopic (exact) mass is 1920 g/mol. The van der Waals surface area contributed by atoms with Gasteiger partial charge in [-0.1, -0.05) is 85.6 Å². The number of nitrogens with two attached hydrogens (primary N) is 6. The van der Waals surface area contributed by atoms with Crippen molar-refractivity contribution in [3.05, 3.63) is 108 Å². The summed E-state index contributed by atoms with van der Waals surface area (Å²) in [5.74, 6) is -0.389. The number of carbonyl (C=O) groups excluding carboxylic acids is 9. The summed E-state index contributed by atoms with van der Waals surface area (Å²) in [6, 6.07) is 21.6. The highest BCUT2D eigenvalue weighted by molar-refractivity contribution is 7.80. The molecule has 1 unspecified atom stereocenters. The lowest BCUT2D eigenvalue weighted by Crippen LogP contribution is -2.69. The van der Waals surface area contributed by atoms with Crippen LogP contribution in [-0.2, 0) is 59.7 Å². The summed E-state index contributed by atoms with van der Waals surface area (Å²) < 4.78 is 37.9. The number of aromatic hydroxyl groups is 1. The van der Waals surface area contributed by atoms with Crippen LogP contribution in [0.2, 0.25) is 0 Å². The number of ether oxygens (including phenoxy) is 5. The number of rotatable bonds is 61. The summed E-state index contributed by atoms with van der Waals surface area (Å²) in [6.07, 6.45) is 17.9. The fourth-order valence-electron chi connectivity index (χ4n) is 17.4. The minimum Gasteiger partial charge on any atom is -0.504 e. The zero-order valence-corrected chi connectivity index (χ0v) is 82.1. The molecule has 0 saturated carbocycles. The Balaban J connectivity index is 0.000000783. The van der Waals surface area contributed by atoms with Gasteiger partial charge in [-0.2, -0.15) is 25.3 Å². The van der Waals surface area contributed by atoms with E-state index in [0.29, 0.717) is 161 Å². The molecule has 2 aliphatic carbocycles. The number of guanidine groups is 3. The Bertz CT molecular complexity index is 4630. The van der Waals surface area contributed by atoms with Gasteiger partial charge in [0.1, 0.15) is 42.8 Å². The molecule has 1 spiro atoms. The number of allylic oxidation sites excluding steroid dienone is 1. The number of nitrogens with one attached hydrogen (secondary N) is 10. The van der Waals surface area contributed by atoms with Crippen LogP contribution in [0.1, 0.15) is 243 Å². The predicted molar refractivity (Wildman–Crippen MR) is 537 cm³/mol. The smallest absolute Gasteiger partial charge is 0.331 e. The Morgan fingerprint density at radius 2 is 1.04 bits per heavy atom. The van der Waals surface area contributed by atoms with Gasteiger partial charge in [-0.3, -0.25) is 65.5 Å². The zero-order valence-electron chi connectivity index (χ0n) is 81.3. The number of amides is 4. The Morgan fingerprint density at radius 1 is 0.578 bits per heavy atom. The normalized spacial score (nSPS) is 17.8. The first-order chi connectivity index (χ1) is 64.2. The number of hydrogen-bond acceptors (Lipinski definition) is 27. The maximum Gasteiger partial charge on any atom is 0.331 e. The number of likely N-dealkylation sites (tertiary alicyclic amines) is 1. The largest absolute Gasteiger partial charge is 0.504 e. The number of hydrogen-bond donors (Lipinski definition) is 19. The van der Waals surface area contributed by atoms with Gasteiger partial charge in [-0.25, -0.2) is 19.8 Å². The Hall–Kier alpha value is -10.1. The number of aliphatic imine (C=N–C) groups is 3. The van der Waals surface area contributed by atoms with Crippen LogP contribution in [0.15, 0.2) is 112 Å². The van der Waals surface area contributed by atoms with E-state index in [2.05, 4.69) is 119 Å². The lowest BCUT2D eigenvalue weighted by atomic mass is 9.45. The topological polar surface area (TPSA) is 537 Å². The van der Waals surface area contributed by atoms with Gasteiger partial charge >= 0.3 is 17.9 Å². The van der Waals surface area contributed by atoms with Crippen molar-refractivity contribution in [3.8, 4) is 28.7 Å². The molecule has 2 aliphatic heterocycles. The third-order valence-electron chi connectivity index (χ3n) is 25.6. The number of aldehydes is 1. The van der Waals surface area contributed by atoms with Gasteiger partial charge in [0.2, 0.25) is 23.6 Å². The number of ketones is 1. The van der Waals surface area contributed by atoms with Gasteiger partial charge in [0.15, 0.2) is 41.3 Å². The Morgan fingerprint density at radius 3 is 1.54 bits per heavy atom. The van der Waals surface area contributed by atoms with Crippen molar-refractivity contribution in [3.63, 3.8) is 0 Å². The van der Waals surface area contributed by atoms with E-state index in [1.165, 1.54) is 0 Å². The van der Waals surface area contributed by atoms with E-state index >= 15 is 0 Å². The fraction of sp³-hybridized carbons (Fsp3) is 0.612. The lowest BCUT2D eigenvalue weighted by Gasteiger charge is -2.63. The minimum absolute atomic E-state index is 0. The van der Waals surface area contributed by atoms with Crippen molar-refractivity contribution >= 4 is 114 Å². The molecule has 750 valence electrons. The van der Waals surface area contributed by atoms with Crippen molar-refractivity contribution in [1.82, 2.24) is 58.1 Å². The van der Waals surface area contributed by atoms with Crippen LogP contribution in [-0.4, -0.2) is 200 Å². The molecule has 1 saturated heterocycles. The Labute approximate surface area is 810 Å². The molecule has 2 bridgehead atoms. The van der Waals surface area contributed by atoms with E-state index in [4.69, 9.17) is 59.5 Å². The molecule has 135 heavy (non-hydrogen) atoms. The molecule has 23 N–H and O–H groups in total. The minimum atomic E-state index is -1.14. The van der Waals surface area contributed by atoms with Crippen LogP contribution in [0.3, 0.4) is 0 Å². The second kappa shape index (κ2) is 56.5. The summed E-state index contributed by atoms with van der Waals surface area (Å²) >= 11 is 8.20. The number of phenols is 1. The van der Waals surface area contributed by atoms with Gasteiger partial charge < -0.3 is 94.2 Å². The lowest BCUT2D eigenvalue weighted by molar-refractivity contribution is -0.150. The summed E-state index contributed by atoms with van der Waals surface area (Å²) in [7, 11) is 2.16. The van der Waals surface area contributed by atoms with Crippen LogP contribution in [0.4, 0.5) is 17.1 Å². The first-order valence-electron chi connectivity index (χ1n) is 47.8. The van der Waals surface area contributed by atoms with Crippen molar-refractivity contribution < 1.29 is 73.3 Å².